The largest absolute Gasteiger partial charge is 0.421 e. The van der Waals surface area contributed by atoms with Crippen molar-refractivity contribution in [3.8, 4) is 0 Å². The highest BCUT2D eigenvalue weighted by Gasteiger charge is 2.34. The van der Waals surface area contributed by atoms with E-state index >= 15 is 0 Å². The molecule has 10 heteroatoms. The molecule has 0 spiro atoms. The van der Waals surface area contributed by atoms with E-state index in [1.54, 1.807) is 10.7 Å². The van der Waals surface area contributed by atoms with E-state index in [0.717, 1.165) is 23.3 Å². The molecule has 1 aliphatic heterocycles. The summed E-state index contributed by atoms with van der Waals surface area (Å²) in [5, 5.41) is 6.71. The number of carbonyl (C=O) groups is 1. The Morgan fingerprint density at radius 2 is 2.19 bits per heavy atom. The van der Waals surface area contributed by atoms with E-state index in [-0.39, 0.29) is 5.92 Å². The van der Waals surface area contributed by atoms with Gasteiger partial charge in [0, 0.05) is 31.3 Å². The molecule has 2 aromatic heterocycles. The summed E-state index contributed by atoms with van der Waals surface area (Å²) < 4.78 is 46.0. The van der Waals surface area contributed by atoms with Crippen LogP contribution in [0.5, 0.6) is 0 Å². The van der Waals surface area contributed by atoms with Crippen LogP contribution >= 0.6 is 0 Å². The highest BCUT2D eigenvalue weighted by Crippen LogP contribution is 2.26. The van der Waals surface area contributed by atoms with Crippen molar-refractivity contribution in [3.63, 3.8) is 0 Å². The lowest BCUT2D eigenvalue weighted by atomic mass is 10.1. The molecule has 140 valence electrons. The van der Waals surface area contributed by atoms with Gasteiger partial charge in [0.25, 0.3) is 5.56 Å². The van der Waals surface area contributed by atoms with Crippen molar-refractivity contribution in [3.05, 3.63) is 46.5 Å². The summed E-state index contributed by atoms with van der Waals surface area (Å²) in [7, 11) is 0. The van der Waals surface area contributed by atoms with Gasteiger partial charge >= 0.3 is 6.18 Å². The Hall–Kier alpha value is -2.62. The summed E-state index contributed by atoms with van der Waals surface area (Å²) in [4.78, 5) is 24.0. The Labute approximate surface area is 146 Å². The highest BCUT2D eigenvalue weighted by molar-refractivity contribution is 5.89. The van der Waals surface area contributed by atoms with Gasteiger partial charge in [-0.3, -0.25) is 9.59 Å². The first-order valence-corrected chi connectivity index (χ1v) is 8.00. The maximum atomic E-state index is 12.8. The summed E-state index contributed by atoms with van der Waals surface area (Å²) in [6, 6.07) is 3.36. The average Bonchev–Trinajstić information content (AvgIpc) is 3.21. The second-order valence-electron chi connectivity index (χ2n) is 6.03. The van der Waals surface area contributed by atoms with Gasteiger partial charge in [0.15, 0.2) is 0 Å². The molecule has 26 heavy (non-hydrogen) atoms. The Bertz CT molecular complexity index is 838. The lowest BCUT2D eigenvalue weighted by molar-refractivity contribution is -0.139. The first kappa shape index (κ1) is 18.2. The van der Waals surface area contributed by atoms with E-state index in [2.05, 4.69) is 10.4 Å². The van der Waals surface area contributed by atoms with Gasteiger partial charge in [-0.1, -0.05) is 0 Å². The molecule has 0 radical (unpaired) electrons. The van der Waals surface area contributed by atoms with Gasteiger partial charge in [-0.2, -0.15) is 18.3 Å². The quantitative estimate of drug-likeness (QED) is 0.870. The summed E-state index contributed by atoms with van der Waals surface area (Å²) >= 11 is 0. The van der Waals surface area contributed by atoms with Gasteiger partial charge in [-0.25, -0.2) is 4.68 Å². The van der Waals surface area contributed by atoms with Gasteiger partial charge in [0.1, 0.15) is 17.9 Å². The molecule has 0 bridgehead atoms. The molecular formula is C16H17F3N4O3. The van der Waals surface area contributed by atoms with Crippen LogP contribution in [0.4, 0.5) is 19.0 Å². The standard InChI is InChI=1S/C16H17F3N4O3/c17-16(18,19)12-2-1-6-22(15(12)25)9-14(24)21-13-3-5-20-23(13)8-11-4-7-26-10-11/h1-3,5-6,11H,4,7-10H2,(H,21,24)/t11-/m0/s1. The molecule has 1 atom stereocenters. The second-order valence-corrected chi connectivity index (χ2v) is 6.03. The number of hydrogen-bond donors (Lipinski definition) is 1. The van der Waals surface area contributed by atoms with Crippen molar-refractivity contribution in [2.45, 2.75) is 25.7 Å². The summed E-state index contributed by atoms with van der Waals surface area (Å²) in [6.45, 7) is 1.34. The summed E-state index contributed by atoms with van der Waals surface area (Å²) in [5.74, 6) is 0.0920. The fourth-order valence-electron chi connectivity index (χ4n) is 2.77. The zero-order chi connectivity index (χ0) is 18.7. The van der Waals surface area contributed by atoms with E-state index in [1.165, 1.54) is 6.20 Å². The van der Waals surface area contributed by atoms with Crippen molar-refractivity contribution in [2.24, 2.45) is 5.92 Å². The molecule has 2 aromatic rings. The molecular weight excluding hydrogens is 353 g/mol. The number of halogens is 3. The van der Waals surface area contributed by atoms with E-state index in [4.69, 9.17) is 4.74 Å². The first-order chi connectivity index (χ1) is 12.3. The number of alkyl halides is 3. The van der Waals surface area contributed by atoms with Gasteiger partial charge in [0.2, 0.25) is 5.91 Å². The third-order valence-electron chi connectivity index (χ3n) is 4.08. The number of amides is 1. The van der Waals surface area contributed by atoms with E-state index in [1.807, 2.05) is 0 Å². The molecule has 3 rings (SSSR count). The number of pyridine rings is 1. The minimum absolute atomic E-state index is 0.289. The molecule has 0 aliphatic carbocycles. The molecule has 1 amide bonds. The molecule has 0 unspecified atom stereocenters. The maximum Gasteiger partial charge on any atom is 0.421 e. The predicted molar refractivity (Wildman–Crippen MR) is 85.5 cm³/mol. The zero-order valence-electron chi connectivity index (χ0n) is 13.7. The first-order valence-electron chi connectivity index (χ1n) is 8.00. The molecule has 1 saturated heterocycles. The van der Waals surface area contributed by atoms with Crippen molar-refractivity contribution in [1.29, 1.82) is 0 Å². The van der Waals surface area contributed by atoms with Crippen molar-refractivity contribution in [2.75, 3.05) is 18.5 Å². The van der Waals surface area contributed by atoms with Crippen LogP contribution in [0, 0.1) is 5.92 Å². The summed E-state index contributed by atoms with van der Waals surface area (Å²) in [6.07, 6.45) is -1.21. The minimum Gasteiger partial charge on any atom is -0.381 e. The number of aromatic nitrogens is 3. The number of nitrogens with zero attached hydrogens (tertiary/aromatic N) is 3. The van der Waals surface area contributed by atoms with Crippen molar-refractivity contribution < 1.29 is 22.7 Å². The SMILES string of the molecule is O=C(Cn1cccc(C(F)(F)F)c1=O)Nc1ccnn1C[C@@H]1CCOC1. The lowest BCUT2D eigenvalue weighted by Gasteiger charge is -2.13. The van der Waals surface area contributed by atoms with E-state index in [0.29, 0.717) is 31.6 Å². The smallest absolute Gasteiger partial charge is 0.381 e. The normalized spacial score (nSPS) is 17.4. The topological polar surface area (TPSA) is 78.2 Å². The van der Waals surface area contributed by atoms with E-state index in [9.17, 15) is 22.8 Å². The number of hydrogen-bond acceptors (Lipinski definition) is 4. The highest BCUT2D eigenvalue weighted by atomic mass is 19.4. The molecule has 0 saturated carbocycles. The van der Waals surface area contributed by atoms with Crippen LogP contribution < -0.4 is 10.9 Å². The maximum absolute atomic E-state index is 12.8. The van der Waals surface area contributed by atoms with Gasteiger partial charge in [-0.05, 0) is 18.6 Å². The van der Waals surface area contributed by atoms with Gasteiger partial charge < -0.3 is 14.6 Å². The molecule has 1 aliphatic rings. The third kappa shape index (κ3) is 4.13. The Morgan fingerprint density at radius 1 is 1.38 bits per heavy atom. The van der Waals surface area contributed by atoms with Crippen LogP contribution in [-0.4, -0.2) is 33.5 Å². The Morgan fingerprint density at radius 3 is 2.88 bits per heavy atom. The van der Waals surface area contributed by atoms with Crippen LogP contribution in [0.15, 0.2) is 35.4 Å². The van der Waals surface area contributed by atoms with Crippen LogP contribution in [-0.2, 0) is 28.8 Å². The summed E-state index contributed by atoms with van der Waals surface area (Å²) in [5.41, 5.74) is -2.56. The zero-order valence-corrected chi connectivity index (χ0v) is 13.7. The molecule has 1 fully saturated rings. The Kier molecular flexibility index (Phi) is 5.12. The monoisotopic (exact) mass is 370 g/mol. The van der Waals surface area contributed by atoms with E-state index < -0.39 is 29.8 Å². The molecule has 7 nitrogen and oxygen atoms in total. The predicted octanol–water partition coefficient (Wildman–Crippen LogP) is 1.74. The number of ether oxygens (including phenoxy) is 1. The van der Waals surface area contributed by atoms with Crippen molar-refractivity contribution >= 4 is 11.7 Å². The second kappa shape index (κ2) is 7.32. The van der Waals surface area contributed by atoms with Crippen LogP contribution in [0.2, 0.25) is 0 Å². The van der Waals surface area contributed by atoms with Crippen LogP contribution in [0.25, 0.3) is 0 Å². The van der Waals surface area contributed by atoms with Crippen LogP contribution in [0.1, 0.15) is 12.0 Å². The fourth-order valence-corrected chi connectivity index (χ4v) is 2.77. The average molecular weight is 370 g/mol. The third-order valence-corrected chi connectivity index (χ3v) is 4.08. The fraction of sp³-hybridized carbons (Fsp3) is 0.438. The van der Waals surface area contributed by atoms with Gasteiger partial charge in [0.05, 0.1) is 12.8 Å². The number of anilines is 1. The number of rotatable bonds is 5. The van der Waals surface area contributed by atoms with Crippen LogP contribution in [0.3, 0.4) is 0 Å². The molecule has 3 heterocycles. The Balaban J connectivity index is 1.69. The molecule has 1 N–H and O–H groups in total. The van der Waals surface area contributed by atoms with Gasteiger partial charge in [-0.15, -0.1) is 0 Å². The molecule has 0 aromatic carbocycles. The minimum atomic E-state index is -4.77. The number of carbonyl (C=O) groups excluding carboxylic acids is 1. The number of nitrogens with one attached hydrogen (secondary N) is 1. The lowest BCUT2D eigenvalue weighted by Crippen LogP contribution is -2.32. The van der Waals surface area contributed by atoms with Crippen molar-refractivity contribution in [1.82, 2.24) is 14.3 Å².